The number of hydrogen-bond acceptors (Lipinski definition) is 2. The van der Waals surface area contributed by atoms with Crippen molar-refractivity contribution in [2.75, 3.05) is 13.7 Å². The molecule has 0 aromatic heterocycles. The van der Waals surface area contributed by atoms with Crippen molar-refractivity contribution in [1.29, 1.82) is 0 Å². The van der Waals surface area contributed by atoms with Gasteiger partial charge in [0.15, 0.2) is 0 Å². The smallest absolute Gasteiger partial charge is 0.118 e. The van der Waals surface area contributed by atoms with E-state index < -0.39 is 0 Å². The Kier molecular flexibility index (Phi) is 5.36. The van der Waals surface area contributed by atoms with Gasteiger partial charge in [0.05, 0.1) is 7.11 Å². The van der Waals surface area contributed by atoms with Crippen LogP contribution in [0.5, 0.6) is 5.75 Å². The lowest BCUT2D eigenvalue weighted by molar-refractivity contribution is 0.414. The number of methoxy groups -OCH3 is 1. The summed E-state index contributed by atoms with van der Waals surface area (Å²) < 4.78 is 5.12. The van der Waals surface area contributed by atoms with Crippen molar-refractivity contribution in [3.8, 4) is 5.75 Å². The van der Waals surface area contributed by atoms with Gasteiger partial charge in [0.1, 0.15) is 5.75 Å². The molecule has 1 aromatic carbocycles. The molecule has 0 heterocycles. The fourth-order valence-electron chi connectivity index (χ4n) is 1.36. The average Bonchev–Trinajstić information content (AvgIpc) is 2.35. The highest BCUT2D eigenvalue weighted by atomic mass is 35.5. The monoisotopic (exact) mass is 239 g/mol. The number of benzene rings is 1. The van der Waals surface area contributed by atoms with E-state index in [-0.39, 0.29) is 0 Å². The van der Waals surface area contributed by atoms with Gasteiger partial charge >= 0.3 is 0 Å². The Bertz CT molecular complexity index is 345. The van der Waals surface area contributed by atoms with Crippen LogP contribution in [0.3, 0.4) is 0 Å². The van der Waals surface area contributed by atoms with Gasteiger partial charge in [0.2, 0.25) is 0 Å². The topological polar surface area (TPSA) is 21.3 Å². The van der Waals surface area contributed by atoms with Crippen LogP contribution in [0.1, 0.15) is 25.5 Å². The quantitative estimate of drug-likeness (QED) is 0.850. The zero-order chi connectivity index (χ0) is 12.0. The highest BCUT2D eigenvalue weighted by Gasteiger charge is 2.04. The van der Waals surface area contributed by atoms with Gasteiger partial charge in [-0.25, -0.2) is 0 Å². The summed E-state index contributed by atoms with van der Waals surface area (Å²) in [4.78, 5) is 0. The number of halogens is 1. The fraction of sp³-hybridized carbons (Fsp3) is 0.385. The van der Waals surface area contributed by atoms with Crippen molar-refractivity contribution in [2.45, 2.75) is 19.9 Å². The Morgan fingerprint density at radius 1 is 1.44 bits per heavy atom. The first kappa shape index (κ1) is 13.1. The van der Waals surface area contributed by atoms with Gasteiger partial charge in [-0.3, -0.25) is 0 Å². The maximum absolute atomic E-state index is 5.60. The summed E-state index contributed by atoms with van der Waals surface area (Å²) in [5.74, 6) is 0.882. The molecule has 0 aliphatic rings. The molecule has 16 heavy (non-hydrogen) atoms. The van der Waals surface area contributed by atoms with Crippen molar-refractivity contribution in [2.24, 2.45) is 0 Å². The van der Waals surface area contributed by atoms with E-state index in [0.29, 0.717) is 6.04 Å². The summed E-state index contributed by atoms with van der Waals surface area (Å²) >= 11 is 5.60. The Morgan fingerprint density at radius 3 is 2.56 bits per heavy atom. The maximum Gasteiger partial charge on any atom is 0.118 e. The second kappa shape index (κ2) is 6.56. The van der Waals surface area contributed by atoms with Crippen LogP contribution in [0.4, 0.5) is 0 Å². The zero-order valence-corrected chi connectivity index (χ0v) is 10.7. The maximum atomic E-state index is 5.60. The molecular formula is C13H18ClNO. The van der Waals surface area contributed by atoms with Crippen LogP contribution in [0.25, 0.3) is 0 Å². The summed E-state index contributed by atoms with van der Waals surface area (Å²) in [7, 11) is 1.67. The van der Waals surface area contributed by atoms with E-state index in [0.717, 1.165) is 17.9 Å². The van der Waals surface area contributed by atoms with E-state index in [4.69, 9.17) is 16.3 Å². The normalized spacial score (nSPS) is 13.6. The molecule has 88 valence electrons. The van der Waals surface area contributed by atoms with Gasteiger partial charge in [-0.2, -0.15) is 0 Å². The predicted octanol–water partition coefficient (Wildman–Crippen LogP) is 3.49. The summed E-state index contributed by atoms with van der Waals surface area (Å²) in [6.07, 6.45) is 0. The van der Waals surface area contributed by atoms with Crippen LogP contribution in [-0.4, -0.2) is 13.7 Å². The summed E-state index contributed by atoms with van der Waals surface area (Å²) in [5.41, 5.74) is 3.97. The Balaban J connectivity index is 2.55. The van der Waals surface area contributed by atoms with Crippen molar-refractivity contribution in [1.82, 2.24) is 5.32 Å². The fourth-order valence-corrected chi connectivity index (χ4v) is 1.44. The van der Waals surface area contributed by atoms with Crippen LogP contribution >= 0.6 is 11.6 Å². The van der Waals surface area contributed by atoms with E-state index in [1.807, 2.05) is 19.1 Å². The zero-order valence-electron chi connectivity index (χ0n) is 9.96. The van der Waals surface area contributed by atoms with E-state index >= 15 is 0 Å². The van der Waals surface area contributed by atoms with Gasteiger partial charge < -0.3 is 10.1 Å². The molecule has 1 N–H and O–H groups in total. The standard InChI is InChI=1S/C13H18ClNO/c1-10(8-14)9-15-11(2)12-4-6-13(16-3)7-5-12/h4-8,11,15H,9H2,1-3H3/b10-8+. The van der Waals surface area contributed by atoms with Crippen molar-refractivity contribution >= 4 is 11.6 Å². The van der Waals surface area contributed by atoms with Gasteiger partial charge in [-0.15, -0.1) is 0 Å². The van der Waals surface area contributed by atoms with Crippen LogP contribution in [0, 0.1) is 0 Å². The second-order valence-corrected chi connectivity index (χ2v) is 4.05. The van der Waals surface area contributed by atoms with Crippen LogP contribution < -0.4 is 10.1 Å². The molecule has 0 aliphatic heterocycles. The summed E-state index contributed by atoms with van der Waals surface area (Å²) in [6, 6.07) is 8.37. The van der Waals surface area contributed by atoms with Gasteiger partial charge in [-0.05, 0) is 37.1 Å². The van der Waals surface area contributed by atoms with Crippen molar-refractivity contribution in [3.63, 3.8) is 0 Å². The first-order chi connectivity index (χ1) is 7.67. The first-order valence-corrected chi connectivity index (χ1v) is 5.74. The lowest BCUT2D eigenvalue weighted by Crippen LogP contribution is -2.20. The van der Waals surface area contributed by atoms with E-state index in [9.17, 15) is 0 Å². The molecule has 1 atom stereocenters. The van der Waals surface area contributed by atoms with Crippen molar-refractivity contribution in [3.05, 3.63) is 40.9 Å². The lowest BCUT2D eigenvalue weighted by atomic mass is 10.1. The van der Waals surface area contributed by atoms with Crippen molar-refractivity contribution < 1.29 is 4.74 Å². The van der Waals surface area contributed by atoms with Gasteiger partial charge in [-0.1, -0.05) is 23.7 Å². The number of nitrogens with one attached hydrogen (secondary N) is 1. The van der Waals surface area contributed by atoms with Crippen LogP contribution in [-0.2, 0) is 0 Å². The highest BCUT2D eigenvalue weighted by molar-refractivity contribution is 6.25. The minimum absolute atomic E-state index is 0.303. The Hall–Kier alpha value is -0.990. The molecular weight excluding hydrogens is 222 g/mol. The number of hydrogen-bond donors (Lipinski definition) is 1. The molecule has 0 aliphatic carbocycles. The molecule has 1 rings (SSSR count). The minimum atomic E-state index is 0.303. The third kappa shape index (κ3) is 3.87. The molecule has 2 nitrogen and oxygen atoms in total. The van der Waals surface area contributed by atoms with E-state index in [2.05, 4.69) is 24.4 Å². The summed E-state index contributed by atoms with van der Waals surface area (Å²) in [5, 5.41) is 3.39. The molecule has 3 heteroatoms. The largest absolute Gasteiger partial charge is 0.497 e. The molecule has 0 spiro atoms. The predicted molar refractivity (Wildman–Crippen MR) is 69.0 cm³/mol. The summed E-state index contributed by atoms with van der Waals surface area (Å²) in [6.45, 7) is 4.93. The van der Waals surface area contributed by atoms with Gasteiger partial charge in [0, 0.05) is 18.1 Å². The number of rotatable bonds is 5. The highest BCUT2D eigenvalue weighted by Crippen LogP contribution is 2.17. The molecule has 0 bridgehead atoms. The molecule has 0 saturated carbocycles. The lowest BCUT2D eigenvalue weighted by Gasteiger charge is -2.14. The first-order valence-electron chi connectivity index (χ1n) is 5.30. The molecule has 0 amide bonds. The Morgan fingerprint density at radius 2 is 2.06 bits per heavy atom. The van der Waals surface area contributed by atoms with Gasteiger partial charge in [0.25, 0.3) is 0 Å². The molecule has 0 radical (unpaired) electrons. The van der Waals surface area contributed by atoms with E-state index in [1.54, 1.807) is 12.6 Å². The SMILES string of the molecule is COc1ccc(C(C)NC/C(C)=C/Cl)cc1. The molecule has 0 saturated heterocycles. The van der Waals surface area contributed by atoms with Crippen LogP contribution in [0.15, 0.2) is 35.4 Å². The van der Waals surface area contributed by atoms with Crippen LogP contribution in [0.2, 0.25) is 0 Å². The molecule has 1 unspecified atom stereocenters. The average molecular weight is 240 g/mol. The van der Waals surface area contributed by atoms with E-state index in [1.165, 1.54) is 5.56 Å². The number of ether oxygens (including phenoxy) is 1. The second-order valence-electron chi connectivity index (χ2n) is 3.83. The third-order valence-corrected chi connectivity index (χ3v) is 2.86. The Labute approximate surface area is 102 Å². The third-order valence-electron chi connectivity index (χ3n) is 2.49. The molecule has 1 aromatic rings. The molecule has 0 fully saturated rings. The minimum Gasteiger partial charge on any atom is -0.497 e.